The van der Waals surface area contributed by atoms with Gasteiger partial charge in [0.05, 0.1) is 5.69 Å². The van der Waals surface area contributed by atoms with E-state index < -0.39 is 17.5 Å². The SMILES string of the molecule is Fc1cc(F)c(-c2cc(Br)nc(C3CC3)n2)cc1F. The molecule has 0 aliphatic heterocycles. The van der Waals surface area contributed by atoms with E-state index in [1.54, 1.807) is 0 Å². The highest BCUT2D eigenvalue weighted by Crippen LogP contribution is 2.39. The van der Waals surface area contributed by atoms with Crippen molar-refractivity contribution in [3.8, 4) is 11.3 Å². The van der Waals surface area contributed by atoms with Gasteiger partial charge in [0.15, 0.2) is 11.6 Å². The van der Waals surface area contributed by atoms with Crippen LogP contribution in [0.5, 0.6) is 0 Å². The van der Waals surface area contributed by atoms with Crippen molar-refractivity contribution in [2.24, 2.45) is 0 Å². The molecule has 1 aliphatic carbocycles. The van der Waals surface area contributed by atoms with Crippen LogP contribution in [0, 0.1) is 17.5 Å². The van der Waals surface area contributed by atoms with Gasteiger partial charge in [-0.25, -0.2) is 23.1 Å². The monoisotopic (exact) mass is 328 g/mol. The van der Waals surface area contributed by atoms with E-state index >= 15 is 0 Å². The average molecular weight is 329 g/mol. The Balaban J connectivity index is 2.13. The van der Waals surface area contributed by atoms with Gasteiger partial charge < -0.3 is 0 Å². The van der Waals surface area contributed by atoms with Gasteiger partial charge in [-0.15, -0.1) is 0 Å². The molecule has 1 saturated carbocycles. The molecule has 3 rings (SSSR count). The van der Waals surface area contributed by atoms with Gasteiger partial charge in [-0.05, 0) is 40.9 Å². The number of aromatic nitrogens is 2. The van der Waals surface area contributed by atoms with Crippen LogP contribution in [0.25, 0.3) is 11.3 Å². The van der Waals surface area contributed by atoms with Crippen LogP contribution in [0.3, 0.4) is 0 Å². The third-order valence-electron chi connectivity index (χ3n) is 2.94. The molecular weight excluding hydrogens is 321 g/mol. The van der Waals surface area contributed by atoms with Crippen LogP contribution in [-0.4, -0.2) is 9.97 Å². The molecule has 6 heteroatoms. The van der Waals surface area contributed by atoms with E-state index in [-0.39, 0.29) is 17.2 Å². The normalized spacial score (nSPS) is 14.7. The van der Waals surface area contributed by atoms with Crippen LogP contribution in [0.1, 0.15) is 24.6 Å². The minimum absolute atomic E-state index is 0.0658. The predicted octanol–water partition coefficient (Wildman–Crippen LogP) is 4.20. The number of hydrogen-bond acceptors (Lipinski definition) is 2. The first-order valence-corrected chi connectivity index (χ1v) is 6.53. The highest BCUT2D eigenvalue weighted by molar-refractivity contribution is 9.10. The van der Waals surface area contributed by atoms with Crippen molar-refractivity contribution in [2.75, 3.05) is 0 Å². The zero-order valence-corrected chi connectivity index (χ0v) is 11.2. The van der Waals surface area contributed by atoms with Crippen molar-refractivity contribution in [3.05, 3.63) is 46.1 Å². The Morgan fingerprint density at radius 2 is 1.63 bits per heavy atom. The standard InChI is InChI=1S/C13H8BrF3N2/c14-12-5-11(18-13(19-12)6-1-2-6)7-3-9(16)10(17)4-8(7)15/h3-6H,1-2H2. The Morgan fingerprint density at radius 3 is 2.32 bits per heavy atom. The highest BCUT2D eigenvalue weighted by atomic mass is 79.9. The number of halogens is 4. The van der Waals surface area contributed by atoms with E-state index in [9.17, 15) is 13.2 Å². The highest BCUT2D eigenvalue weighted by Gasteiger charge is 2.27. The van der Waals surface area contributed by atoms with Gasteiger partial charge in [-0.1, -0.05) is 0 Å². The van der Waals surface area contributed by atoms with E-state index in [1.165, 1.54) is 6.07 Å². The molecule has 0 atom stereocenters. The summed E-state index contributed by atoms with van der Waals surface area (Å²) in [6.45, 7) is 0. The quantitative estimate of drug-likeness (QED) is 0.610. The number of nitrogens with zero attached hydrogens (tertiary/aromatic N) is 2. The first-order chi connectivity index (χ1) is 9.04. The zero-order chi connectivity index (χ0) is 13.6. The third kappa shape index (κ3) is 2.49. The Bertz CT molecular complexity index is 657. The van der Waals surface area contributed by atoms with Crippen LogP contribution < -0.4 is 0 Å². The van der Waals surface area contributed by atoms with Crippen molar-refractivity contribution in [2.45, 2.75) is 18.8 Å². The summed E-state index contributed by atoms with van der Waals surface area (Å²) in [4.78, 5) is 8.43. The van der Waals surface area contributed by atoms with E-state index in [1.807, 2.05) is 0 Å². The number of hydrogen-bond donors (Lipinski definition) is 0. The molecule has 0 amide bonds. The molecule has 1 aliphatic rings. The molecule has 0 unspecified atom stereocenters. The summed E-state index contributed by atoms with van der Waals surface area (Å²) in [6.07, 6.45) is 1.99. The molecule has 0 bridgehead atoms. The Labute approximate surface area is 115 Å². The van der Waals surface area contributed by atoms with Gasteiger partial charge in [0.2, 0.25) is 0 Å². The first kappa shape index (κ1) is 12.6. The summed E-state index contributed by atoms with van der Waals surface area (Å²) in [6, 6.07) is 2.83. The summed E-state index contributed by atoms with van der Waals surface area (Å²) in [5, 5.41) is 0. The van der Waals surface area contributed by atoms with Crippen LogP contribution >= 0.6 is 15.9 Å². The topological polar surface area (TPSA) is 25.8 Å². The van der Waals surface area contributed by atoms with Gasteiger partial charge in [0.1, 0.15) is 16.2 Å². The molecule has 1 aromatic carbocycles. The lowest BCUT2D eigenvalue weighted by molar-refractivity contribution is 0.496. The van der Waals surface area contributed by atoms with Crippen molar-refractivity contribution in [3.63, 3.8) is 0 Å². The van der Waals surface area contributed by atoms with E-state index in [4.69, 9.17) is 0 Å². The van der Waals surface area contributed by atoms with Gasteiger partial charge in [-0.2, -0.15) is 0 Å². The van der Waals surface area contributed by atoms with Gasteiger partial charge in [0, 0.05) is 17.5 Å². The summed E-state index contributed by atoms with van der Waals surface area (Å²) in [5.74, 6) is -2.26. The Kier molecular flexibility index (Phi) is 3.05. The number of benzene rings is 1. The number of rotatable bonds is 2. The average Bonchev–Trinajstić information content (AvgIpc) is 3.17. The van der Waals surface area contributed by atoms with E-state index in [0.29, 0.717) is 16.5 Å². The lowest BCUT2D eigenvalue weighted by Gasteiger charge is -2.06. The maximum atomic E-state index is 13.7. The summed E-state index contributed by atoms with van der Waals surface area (Å²) < 4.78 is 40.4. The minimum Gasteiger partial charge on any atom is -0.232 e. The second-order valence-electron chi connectivity index (χ2n) is 4.45. The molecule has 19 heavy (non-hydrogen) atoms. The fraction of sp³-hybridized carbons (Fsp3) is 0.231. The van der Waals surface area contributed by atoms with Crippen LogP contribution in [0.2, 0.25) is 0 Å². The maximum absolute atomic E-state index is 13.7. The van der Waals surface area contributed by atoms with Crippen molar-refractivity contribution < 1.29 is 13.2 Å². The molecule has 2 aromatic rings. The molecular formula is C13H8BrF3N2. The fourth-order valence-electron chi connectivity index (χ4n) is 1.82. The molecule has 0 N–H and O–H groups in total. The molecule has 0 saturated heterocycles. The van der Waals surface area contributed by atoms with Gasteiger partial charge in [0.25, 0.3) is 0 Å². The molecule has 0 spiro atoms. The summed E-state index contributed by atoms with van der Waals surface area (Å²) >= 11 is 3.22. The Morgan fingerprint density at radius 1 is 0.947 bits per heavy atom. The molecule has 0 radical (unpaired) electrons. The van der Waals surface area contributed by atoms with Gasteiger partial charge in [-0.3, -0.25) is 0 Å². The fourth-order valence-corrected chi connectivity index (χ4v) is 2.21. The predicted molar refractivity (Wildman–Crippen MR) is 67.0 cm³/mol. The van der Waals surface area contributed by atoms with Crippen LogP contribution in [0.4, 0.5) is 13.2 Å². The molecule has 1 fully saturated rings. The smallest absolute Gasteiger partial charge is 0.161 e. The summed E-state index contributed by atoms with van der Waals surface area (Å²) in [7, 11) is 0. The second-order valence-corrected chi connectivity index (χ2v) is 5.27. The lowest BCUT2D eigenvalue weighted by atomic mass is 10.1. The molecule has 1 heterocycles. The lowest BCUT2D eigenvalue weighted by Crippen LogP contribution is -1.98. The second kappa shape index (κ2) is 4.59. The molecule has 98 valence electrons. The molecule has 1 aromatic heterocycles. The van der Waals surface area contributed by atoms with Crippen LogP contribution in [-0.2, 0) is 0 Å². The summed E-state index contributed by atoms with van der Waals surface area (Å²) in [5.41, 5.74) is 0.184. The van der Waals surface area contributed by atoms with Gasteiger partial charge >= 0.3 is 0 Å². The maximum Gasteiger partial charge on any atom is 0.161 e. The third-order valence-corrected chi connectivity index (χ3v) is 3.35. The van der Waals surface area contributed by atoms with E-state index in [0.717, 1.165) is 18.9 Å². The van der Waals surface area contributed by atoms with Crippen molar-refractivity contribution in [1.82, 2.24) is 9.97 Å². The van der Waals surface area contributed by atoms with Crippen molar-refractivity contribution >= 4 is 15.9 Å². The van der Waals surface area contributed by atoms with Crippen LogP contribution in [0.15, 0.2) is 22.8 Å². The zero-order valence-electron chi connectivity index (χ0n) is 9.63. The minimum atomic E-state index is -1.21. The van der Waals surface area contributed by atoms with E-state index in [2.05, 4.69) is 25.9 Å². The molecule has 2 nitrogen and oxygen atoms in total. The Hall–Kier alpha value is -1.43. The largest absolute Gasteiger partial charge is 0.232 e. The van der Waals surface area contributed by atoms with Crippen molar-refractivity contribution in [1.29, 1.82) is 0 Å². The first-order valence-electron chi connectivity index (χ1n) is 5.74.